The summed E-state index contributed by atoms with van der Waals surface area (Å²) in [5.74, 6) is -0.224. The van der Waals surface area contributed by atoms with Gasteiger partial charge in [0.05, 0.1) is 11.7 Å². The van der Waals surface area contributed by atoms with Gasteiger partial charge >= 0.3 is 0 Å². The molecule has 1 nitrogen and oxygen atoms in total. The van der Waals surface area contributed by atoms with Crippen LogP contribution in [0.3, 0.4) is 0 Å². The number of benzene rings is 2. The van der Waals surface area contributed by atoms with E-state index in [9.17, 15) is 4.39 Å². The smallest absolute Gasteiger partial charge is 0.147 e. The van der Waals surface area contributed by atoms with E-state index in [0.717, 1.165) is 21.8 Å². The van der Waals surface area contributed by atoms with Gasteiger partial charge in [-0.25, -0.2) is 4.39 Å². The normalized spacial score (nSPS) is 17.3. The molecule has 98 valence electrons. The molecule has 0 saturated heterocycles. The fourth-order valence-electron chi connectivity index (χ4n) is 2.57. The molecule has 0 radical (unpaired) electrons. The maximum atomic E-state index is 13.9. The number of para-hydroxylation sites is 1. The first kappa shape index (κ1) is 13.1. The van der Waals surface area contributed by atoms with Crippen molar-refractivity contribution >= 4 is 37.5 Å². The van der Waals surface area contributed by atoms with Gasteiger partial charge in [0.15, 0.2) is 0 Å². The van der Waals surface area contributed by atoms with Crippen molar-refractivity contribution in [1.82, 2.24) is 0 Å². The van der Waals surface area contributed by atoms with Crippen molar-refractivity contribution < 1.29 is 4.39 Å². The van der Waals surface area contributed by atoms with Gasteiger partial charge in [0.2, 0.25) is 0 Å². The molecular weight excluding hydrogens is 373 g/mol. The third-order valence-corrected chi connectivity index (χ3v) is 4.90. The van der Waals surface area contributed by atoms with E-state index in [0.29, 0.717) is 5.69 Å². The highest BCUT2D eigenvalue weighted by molar-refractivity contribution is 9.10. The Morgan fingerprint density at radius 1 is 1.05 bits per heavy atom. The van der Waals surface area contributed by atoms with Crippen LogP contribution in [-0.2, 0) is 6.42 Å². The van der Waals surface area contributed by atoms with E-state index in [2.05, 4.69) is 49.3 Å². The lowest BCUT2D eigenvalue weighted by molar-refractivity contribution is 0.624. The van der Waals surface area contributed by atoms with Gasteiger partial charge < -0.3 is 5.32 Å². The molecule has 0 fully saturated rings. The first-order valence-corrected chi connectivity index (χ1v) is 7.73. The molecule has 4 heteroatoms. The van der Waals surface area contributed by atoms with Crippen molar-refractivity contribution in [3.05, 3.63) is 62.3 Å². The maximum absolute atomic E-state index is 13.9. The lowest BCUT2D eigenvalue weighted by Gasteiger charge is -2.17. The number of fused-ring (bicyclic) bond motifs is 1. The van der Waals surface area contributed by atoms with Gasteiger partial charge in [-0.2, -0.15) is 0 Å². The van der Waals surface area contributed by atoms with Crippen LogP contribution in [0.15, 0.2) is 45.3 Å². The number of rotatable bonds is 2. The molecule has 1 atom stereocenters. The Kier molecular flexibility index (Phi) is 3.63. The minimum Gasteiger partial charge on any atom is -0.375 e. The molecule has 0 saturated carbocycles. The van der Waals surface area contributed by atoms with Crippen molar-refractivity contribution in [2.75, 3.05) is 5.32 Å². The van der Waals surface area contributed by atoms with Crippen LogP contribution in [0, 0.1) is 5.82 Å². The van der Waals surface area contributed by atoms with Crippen LogP contribution in [0.5, 0.6) is 0 Å². The molecule has 0 bridgehead atoms. The Bertz CT molecular complexity index is 607. The third-order valence-electron chi connectivity index (χ3n) is 3.49. The van der Waals surface area contributed by atoms with E-state index in [1.165, 1.54) is 17.2 Å². The Hall–Kier alpha value is -0.870. The standard InChI is InChI=1S/C15H12Br2FN/c16-11-4-1-3-10-9(11)7-8-14(10)19-15-12(17)5-2-6-13(15)18/h1-6,14,19H,7-8H2. The van der Waals surface area contributed by atoms with Crippen LogP contribution in [0.2, 0.25) is 0 Å². The maximum Gasteiger partial charge on any atom is 0.147 e. The molecule has 1 aliphatic carbocycles. The molecular formula is C15H12Br2FN. The molecule has 0 spiro atoms. The van der Waals surface area contributed by atoms with E-state index in [4.69, 9.17) is 0 Å². The number of anilines is 1. The second-order valence-electron chi connectivity index (χ2n) is 4.64. The van der Waals surface area contributed by atoms with E-state index < -0.39 is 0 Å². The summed E-state index contributed by atoms with van der Waals surface area (Å²) in [5, 5.41) is 3.32. The first-order chi connectivity index (χ1) is 9.16. The molecule has 19 heavy (non-hydrogen) atoms. The first-order valence-electron chi connectivity index (χ1n) is 6.14. The summed E-state index contributed by atoms with van der Waals surface area (Å²) in [6.07, 6.45) is 2.00. The second kappa shape index (κ2) is 5.25. The topological polar surface area (TPSA) is 12.0 Å². The second-order valence-corrected chi connectivity index (χ2v) is 6.35. The number of hydrogen-bond donors (Lipinski definition) is 1. The van der Waals surface area contributed by atoms with Gasteiger partial charge in [0.1, 0.15) is 5.82 Å². The van der Waals surface area contributed by atoms with Gasteiger partial charge in [-0.1, -0.05) is 34.1 Å². The lowest BCUT2D eigenvalue weighted by Crippen LogP contribution is -2.09. The summed E-state index contributed by atoms with van der Waals surface area (Å²) in [5.41, 5.74) is 3.12. The molecule has 1 N–H and O–H groups in total. The van der Waals surface area contributed by atoms with Crippen molar-refractivity contribution in [3.63, 3.8) is 0 Å². The Morgan fingerprint density at radius 3 is 2.58 bits per heavy atom. The largest absolute Gasteiger partial charge is 0.375 e. The van der Waals surface area contributed by atoms with Crippen LogP contribution in [0.4, 0.5) is 10.1 Å². The van der Waals surface area contributed by atoms with E-state index in [-0.39, 0.29) is 11.9 Å². The third kappa shape index (κ3) is 2.43. The van der Waals surface area contributed by atoms with Crippen molar-refractivity contribution in [3.8, 4) is 0 Å². The van der Waals surface area contributed by atoms with E-state index in [1.54, 1.807) is 6.07 Å². The van der Waals surface area contributed by atoms with Crippen molar-refractivity contribution in [1.29, 1.82) is 0 Å². The van der Waals surface area contributed by atoms with E-state index in [1.807, 2.05) is 12.1 Å². The molecule has 1 aliphatic rings. The van der Waals surface area contributed by atoms with Crippen molar-refractivity contribution in [2.24, 2.45) is 0 Å². The van der Waals surface area contributed by atoms with Crippen LogP contribution >= 0.6 is 31.9 Å². The fourth-order valence-corrected chi connectivity index (χ4v) is 3.61. The quantitative estimate of drug-likeness (QED) is 0.725. The number of hydrogen-bond acceptors (Lipinski definition) is 1. The predicted octanol–water partition coefficient (Wildman–Crippen LogP) is 5.45. The fraction of sp³-hybridized carbons (Fsp3) is 0.200. The molecule has 0 amide bonds. The highest BCUT2D eigenvalue weighted by Gasteiger charge is 2.25. The summed E-state index contributed by atoms with van der Waals surface area (Å²) in [4.78, 5) is 0. The Labute approximate surface area is 128 Å². The number of nitrogens with one attached hydrogen (secondary N) is 1. The zero-order valence-electron chi connectivity index (χ0n) is 10.1. The lowest BCUT2D eigenvalue weighted by atomic mass is 10.1. The minimum atomic E-state index is -0.224. The van der Waals surface area contributed by atoms with Gasteiger partial charge in [0, 0.05) is 8.95 Å². The molecule has 0 aromatic heterocycles. The summed E-state index contributed by atoms with van der Waals surface area (Å²) >= 11 is 6.98. The molecule has 3 rings (SSSR count). The minimum absolute atomic E-state index is 0.167. The zero-order chi connectivity index (χ0) is 13.4. The Morgan fingerprint density at radius 2 is 1.79 bits per heavy atom. The van der Waals surface area contributed by atoms with Gasteiger partial charge in [-0.15, -0.1) is 0 Å². The average Bonchev–Trinajstić information content (AvgIpc) is 2.79. The summed E-state index contributed by atoms with van der Waals surface area (Å²) in [6.45, 7) is 0. The molecule has 0 aliphatic heterocycles. The summed E-state index contributed by atoms with van der Waals surface area (Å²) in [6, 6.07) is 11.4. The van der Waals surface area contributed by atoms with Crippen molar-refractivity contribution in [2.45, 2.75) is 18.9 Å². The summed E-state index contributed by atoms with van der Waals surface area (Å²) < 4.78 is 15.8. The number of halogens is 3. The monoisotopic (exact) mass is 383 g/mol. The van der Waals surface area contributed by atoms with Crippen LogP contribution in [-0.4, -0.2) is 0 Å². The van der Waals surface area contributed by atoms with Gasteiger partial charge in [0.25, 0.3) is 0 Å². The summed E-state index contributed by atoms with van der Waals surface area (Å²) in [7, 11) is 0. The Balaban J connectivity index is 1.93. The van der Waals surface area contributed by atoms with Crippen LogP contribution in [0.25, 0.3) is 0 Å². The molecule has 0 heterocycles. The zero-order valence-corrected chi connectivity index (χ0v) is 13.3. The molecule has 2 aromatic carbocycles. The van der Waals surface area contributed by atoms with Gasteiger partial charge in [-0.05, 0) is 58.1 Å². The van der Waals surface area contributed by atoms with Crippen LogP contribution in [0.1, 0.15) is 23.6 Å². The molecule has 2 aromatic rings. The highest BCUT2D eigenvalue weighted by atomic mass is 79.9. The van der Waals surface area contributed by atoms with E-state index >= 15 is 0 Å². The average molecular weight is 385 g/mol. The van der Waals surface area contributed by atoms with Gasteiger partial charge in [-0.3, -0.25) is 0 Å². The van der Waals surface area contributed by atoms with Crippen LogP contribution < -0.4 is 5.32 Å². The SMILES string of the molecule is Fc1cccc(Br)c1NC1CCc2c(Br)cccc21. The highest BCUT2D eigenvalue weighted by Crippen LogP contribution is 2.39. The predicted molar refractivity (Wildman–Crippen MR) is 82.9 cm³/mol. The molecule has 1 unspecified atom stereocenters.